The Balaban J connectivity index is 2.19. The standard InChI is InChI=1S/C14H19N5O/c1-3-10-6-4-5-7-11(10)8-16-13-12(20-2)14(19-15)18-9-17-13/h4-7,9H,3,8,15H2,1-2H3,(H2,16,17,18,19). The largest absolute Gasteiger partial charge is 0.490 e. The molecule has 0 spiro atoms. The SMILES string of the molecule is CCc1ccccc1CNc1ncnc(NN)c1OC. The molecule has 0 amide bonds. The van der Waals surface area contributed by atoms with Crippen LogP contribution in [0, 0.1) is 0 Å². The average Bonchev–Trinajstić information content (AvgIpc) is 2.52. The number of anilines is 2. The Labute approximate surface area is 118 Å². The minimum atomic E-state index is 0.453. The number of methoxy groups -OCH3 is 1. The molecule has 0 atom stereocenters. The molecule has 1 aromatic heterocycles. The van der Waals surface area contributed by atoms with Crippen LogP contribution < -0.4 is 21.3 Å². The molecule has 2 aromatic rings. The van der Waals surface area contributed by atoms with E-state index in [1.54, 1.807) is 7.11 Å². The Morgan fingerprint density at radius 1 is 1.15 bits per heavy atom. The third-order valence-corrected chi connectivity index (χ3v) is 3.09. The molecule has 1 aromatic carbocycles. The third kappa shape index (κ3) is 2.97. The Morgan fingerprint density at radius 3 is 2.50 bits per heavy atom. The molecule has 0 saturated carbocycles. The van der Waals surface area contributed by atoms with E-state index < -0.39 is 0 Å². The number of benzene rings is 1. The number of hydrazine groups is 1. The first-order valence-corrected chi connectivity index (χ1v) is 6.46. The number of nitrogen functional groups attached to an aromatic ring is 1. The van der Waals surface area contributed by atoms with Crippen molar-refractivity contribution in [2.45, 2.75) is 19.9 Å². The van der Waals surface area contributed by atoms with Crippen molar-refractivity contribution in [3.05, 3.63) is 41.7 Å². The summed E-state index contributed by atoms with van der Waals surface area (Å²) in [6.45, 7) is 2.81. The average molecular weight is 273 g/mol. The van der Waals surface area contributed by atoms with Crippen molar-refractivity contribution in [3.63, 3.8) is 0 Å². The smallest absolute Gasteiger partial charge is 0.205 e. The number of nitrogens with zero attached hydrogens (tertiary/aromatic N) is 2. The van der Waals surface area contributed by atoms with E-state index in [-0.39, 0.29) is 0 Å². The first-order valence-electron chi connectivity index (χ1n) is 6.46. The number of ether oxygens (including phenoxy) is 1. The second-order valence-corrected chi connectivity index (χ2v) is 4.22. The zero-order chi connectivity index (χ0) is 14.4. The van der Waals surface area contributed by atoms with Crippen molar-refractivity contribution in [1.29, 1.82) is 0 Å². The van der Waals surface area contributed by atoms with Crippen molar-refractivity contribution < 1.29 is 4.74 Å². The summed E-state index contributed by atoms with van der Waals surface area (Å²) in [6, 6.07) is 8.30. The van der Waals surface area contributed by atoms with Crippen molar-refractivity contribution in [2.75, 3.05) is 17.9 Å². The fraction of sp³-hybridized carbons (Fsp3) is 0.286. The first-order chi connectivity index (χ1) is 9.80. The minimum absolute atomic E-state index is 0.453. The number of nitrogens with one attached hydrogen (secondary N) is 2. The fourth-order valence-electron chi connectivity index (χ4n) is 2.05. The lowest BCUT2D eigenvalue weighted by Gasteiger charge is -2.13. The highest BCUT2D eigenvalue weighted by molar-refractivity contribution is 5.63. The Hall–Kier alpha value is -2.34. The van der Waals surface area contributed by atoms with Crippen LogP contribution in [0.3, 0.4) is 0 Å². The van der Waals surface area contributed by atoms with Gasteiger partial charge in [0.05, 0.1) is 7.11 Å². The summed E-state index contributed by atoms with van der Waals surface area (Å²) >= 11 is 0. The monoisotopic (exact) mass is 273 g/mol. The lowest BCUT2D eigenvalue weighted by molar-refractivity contribution is 0.414. The quantitative estimate of drug-likeness (QED) is 0.551. The normalized spacial score (nSPS) is 10.2. The molecule has 4 N–H and O–H groups in total. The van der Waals surface area contributed by atoms with Crippen LogP contribution in [0.15, 0.2) is 30.6 Å². The molecule has 2 rings (SSSR count). The molecule has 20 heavy (non-hydrogen) atoms. The van der Waals surface area contributed by atoms with Gasteiger partial charge in [0, 0.05) is 6.54 Å². The van der Waals surface area contributed by atoms with E-state index in [1.165, 1.54) is 17.5 Å². The summed E-state index contributed by atoms with van der Waals surface area (Å²) in [5.41, 5.74) is 5.04. The maximum atomic E-state index is 5.40. The second kappa shape index (κ2) is 6.72. The van der Waals surface area contributed by atoms with Gasteiger partial charge in [-0.1, -0.05) is 31.2 Å². The number of rotatable bonds is 6. The van der Waals surface area contributed by atoms with E-state index in [2.05, 4.69) is 39.8 Å². The highest BCUT2D eigenvalue weighted by Crippen LogP contribution is 2.28. The molecule has 0 bridgehead atoms. The van der Waals surface area contributed by atoms with Gasteiger partial charge < -0.3 is 15.5 Å². The summed E-state index contributed by atoms with van der Waals surface area (Å²) in [5, 5.41) is 3.26. The molecule has 106 valence electrons. The molecular weight excluding hydrogens is 254 g/mol. The van der Waals surface area contributed by atoms with E-state index in [4.69, 9.17) is 10.6 Å². The second-order valence-electron chi connectivity index (χ2n) is 4.22. The van der Waals surface area contributed by atoms with Crippen LogP contribution >= 0.6 is 0 Å². The van der Waals surface area contributed by atoms with Crippen LogP contribution in [-0.4, -0.2) is 17.1 Å². The predicted molar refractivity (Wildman–Crippen MR) is 79.5 cm³/mol. The van der Waals surface area contributed by atoms with Crippen molar-refractivity contribution >= 4 is 11.6 Å². The lowest BCUT2D eigenvalue weighted by atomic mass is 10.1. The molecule has 1 heterocycles. The van der Waals surface area contributed by atoms with Crippen LogP contribution in [-0.2, 0) is 13.0 Å². The summed E-state index contributed by atoms with van der Waals surface area (Å²) < 4.78 is 5.28. The Bertz CT molecular complexity index is 573. The van der Waals surface area contributed by atoms with Crippen LogP contribution in [0.2, 0.25) is 0 Å². The first kappa shape index (κ1) is 14.1. The number of hydrogen-bond donors (Lipinski definition) is 3. The summed E-state index contributed by atoms with van der Waals surface area (Å²) in [5.74, 6) is 6.97. The number of nitrogens with two attached hydrogens (primary N) is 1. The molecule has 6 heteroatoms. The highest BCUT2D eigenvalue weighted by atomic mass is 16.5. The molecule has 0 fully saturated rings. The van der Waals surface area contributed by atoms with Crippen LogP contribution in [0.5, 0.6) is 5.75 Å². The van der Waals surface area contributed by atoms with E-state index in [1.807, 2.05) is 12.1 Å². The zero-order valence-corrected chi connectivity index (χ0v) is 11.7. The van der Waals surface area contributed by atoms with Crippen molar-refractivity contribution in [2.24, 2.45) is 5.84 Å². The van der Waals surface area contributed by atoms with E-state index in [0.717, 1.165) is 6.42 Å². The predicted octanol–water partition coefficient (Wildman–Crippen LogP) is 1.95. The molecule has 0 saturated heterocycles. The molecule has 6 nitrogen and oxygen atoms in total. The van der Waals surface area contributed by atoms with Gasteiger partial charge >= 0.3 is 0 Å². The summed E-state index contributed by atoms with van der Waals surface area (Å²) in [6.07, 6.45) is 2.43. The summed E-state index contributed by atoms with van der Waals surface area (Å²) in [4.78, 5) is 8.19. The number of hydrogen-bond acceptors (Lipinski definition) is 6. The Kier molecular flexibility index (Phi) is 4.73. The number of aryl methyl sites for hydroxylation is 1. The molecule has 0 aliphatic heterocycles. The topological polar surface area (TPSA) is 85.1 Å². The number of aromatic nitrogens is 2. The van der Waals surface area contributed by atoms with Gasteiger partial charge in [-0.2, -0.15) is 0 Å². The molecular formula is C14H19N5O. The molecule has 0 aliphatic rings. The van der Waals surface area contributed by atoms with E-state index in [0.29, 0.717) is 23.9 Å². The third-order valence-electron chi connectivity index (χ3n) is 3.09. The van der Waals surface area contributed by atoms with Crippen LogP contribution in [0.1, 0.15) is 18.1 Å². The fourth-order valence-corrected chi connectivity index (χ4v) is 2.05. The Morgan fingerprint density at radius 2 is 1.85 bits per heavy atom. The van der Waals surface area contributed by atoms with Gasteiger partial charge in [-0.05, 0) is 17.5 Å². The van der Waals surface area contributed by atoms with E-state index >= 15 is 0 Å². The highest BCUT2D eigenvalue weighted by Gasteiger charge is 2.11. The zero-order valence-electron chi connectivity index (χ0n) is 11.7. The van der Waals surface area contributed by atoms with Gasteiger partial charge in [0.1, 0.15) is 6.33 Å². The van der Waals surface area contributed by atoms with Crippen LogP contribution in [0.25, 0.3) is 0 Å². The van der Waals surface area contributed by atoms with Crippen molar-refractivity contribution in [1.82, 2.24) is 9.97 Å². The minimum Gasteiger partial charge on any atom is -0.490 e. The molecule has 0 aliphatic carbocycles. The van der Waals surface area contributed by atoms with Gasteiger partial charge in [-0.3, -0.25) is 0 Å². The molecule has 0 unspecified atom stereocenters. The van der Waals surface area contributed by atoms with Gasteiger partial charge in [-0.25, -0.2) is 15.8 Å². The van der Waals surface area contributed by atoms with Gasteiger partial charge in [0.15, 0.2) is 11.6 Å². The van der Waals surface area contributed by atoms with Gasteiger partial charge in [-0.15, -0.1) is 0 Å². The van der Waals surface area contributed by atoms with Gasteiger partial charge in [0.2, 0.25) is 5.75 Å². The summed E-state index contributed by atoms with van der Waals surface area (Å²) in [7, 11) is 1.56. The van der Waals surface area contributed by atoms with Gasteiger partial charge in [0.25, 0.3) is 0 Å². The lowest BCUT2D eigenvalue weighted by Crippen LogP contribution is -2.12. The molecule has 0 radical (unpaired) electrons. The van der Waals surface area contributed by atoms with Crippen LogP contribution in [0.4, 0.5) is 11.6 Å². The van der Waals surface area contributed by atoms with Crippen molar-refractivity contribution in [3.8, 4) is 5.75 Å². The maximum absolute atomic E-state index is 5.40. The maximum Gasteiger partial charge on any atom is 0.205 e. The van der Waals surface area contributed by atoms with E-state index in [9.17, 15) is 0 Å².